The molecule has 0 saturated heterocycles. The van der Waals surface area contributed by atoms with E-state index >= 15 is 0 Å². The summed E-state index contributed by atoms with van der Waals surface area (Å²) in [6, 6.07) is 13.8. The third-order valence-corrected chi connectivity index (χ3v) is 5.45. The molecule has 2 aromatic carbocycles. The molecule has 1 aromatic heterocycles. The minimum Gasteiger partial charge on any atom is -0.452 e. The maximum absolute atomic E-state index is 12.6. The summed E-state index contributed by atoms with van der Waals surface area (Å²) in [6.45, 7) is 7.67. The first-order valence-electron chi connectivity index (χ1n) is 10.1. The van der Waals surface area contributed by atoms with E-state index in [-0.39, 0.29) is 10.7 Å². The summed E-state index contributed by atoms with van der Waals surface area (Å²) in [5.74, 6) is -1.08. The molecule has 0 fully saturated rings. The van der Waals surface area contributed by atoms with E-state index in [4.69, 9.17) is 16.3 Å². The Hall–Kier alpha value is -3.12. The number of rotatable bonds is 7. The number of aromatic nitrogens is 2. The van der Waals surface area contributed by atoms with E-state index in [0.717, 1.165) is 34.4 Å². The molecule has 0 aliphatic rings. The van der Waals surface area contributed by atoms with E-state index < -0.39 is 18.5 Å². The Morgan fingerprint density at radius 3 is 2.48 bits per heavy atom. The fourth-order valence-corrected chi connectivity index (χ4v) is 3.65. The zero-order valence-electron chi connectivity index (χ0n) is 18.2. The Morgan fingerprint density at radius 2 is 1.81 bits per heavy atom. The lowest BCUT2D eigenvalue weighted by atomic mass is 10.1. The van der Waals surface area contributed by atoms with E-state index in [0.29, 0.717) is 12.2 Å². The molecule has 3 aromatic rings. The van der Waals surface area contributed by atoms with Gasteiger partial charge in [0.05, 0.1) is 12.2 Å². The number of carbonyl (C=O) groups excluding carboxylic acids is 2. The number of nitrogens with one attached hydrogen (secondary N) is 1. The lowest BCUT2D eigenvalue weighted by Crippen LogP contribution is -2.22. The molecule has 31 heavy (non-hydrogen) atoms. The normalized spacial score (nSPS) is 10.7. The number of anilines is 1. The van der Waals surface area contributed by atoms with Gasteiger partial charge < -0.3 is 10.1 Å². The lowest BCUT2D eigenvalue weighted by Gasteiger charge is -2.13. The van der Waals surface area contributed by atoms with Crippen molar-refractivity contribution in [1.82, 2.24) is 9.78 Å². The number of benzene rings is 2. The van der Waals surface area contributed by atoms with Crippen LogP contribution < -0.4 is 5.32 Å². The number of para-hydroxylation sites is 1. The molecule has 0 radical (unpaired) electrons. The van der Waals surface area contributed by atoms with Crippen LogP contribution in [0, 0.1) is 20.8 Å². The van der Waals surface area contributed by atoms with Gasteiger partial charge >= 0.3 is 5.97 Å². The van der Waals surface area contributed by atoms with Gasteiger partial charge in [-0.3, -0.25) is 4.79 Å². The van der Waals surface area contributed by atoms with Crippen molar-refractivity contribution >= 4 is 29.2 Å². The van der Waals surface area contributed by atoms with Gasteiger partial charge in [0.25, 0.3) is 5.91 Å². The van der Waals surface area contributed by atoms with Crippen molar-refractivity contribution in [2.45, 2.75) is 40.7 Å². The van der Waals surface area contributed by atoms with Crippen LogP contribution in [-0.4, -0.2) is 28.3 Å². The maximum atomic E-state index is 12.6. The molecular weight excluding hydrogens is 414 g/mol. The van der Waals surface area contributed by atoms with Crippen LogP contribution in [0.5, 0.6) is 0 Å². The molecule has 7 heteroatoms. The number of hydrogen-bond donors (Lipinski definition) is 1. The quantitative estimate of drug-likeness (QED) is 0.533. The second-order valence-corrected chi connectivity index (χ2v) is 7.84. The molecule has 0 bridgehead atoms. The van der Waals surface area contributed by atoms with E-state index in [2.05, 4.69) is 10.4 Å². The van der Waals surface area contributed by atoms with Crippen molar-refractivity contribution in [3.63, 3.8) is 0 Å². The maximum Gasteiger partial charge on any atom is 0.343 e. The Kier molecular flexibility index (Phi) is 7.13. The van der Waals surface area contributed by atoms with Crippen LogP contribution in [0.1, 0.15) is 45.2 Å². The Bertz CT molecular complexity index is 1100. The van der Waals surface area contributed by atoms with Gasteiger partial charge in [-0.15, -0.1) is 0 Å². The summed E-state index contributed by atoms with van der Waals surface area (Å²) in [6.07, 6.45) is 0.784. The van der Waals surface area contributed by atoms with Gasteiger partial charge in [-0.25, -0.2) is 9.48 Å². The van der Waals surface area contributed by atoms with E-state index in [1.165, 1.54) is 0 Å². The predicted molar refractivity (Wildman–Crippen MR) is 122 cm³/mol. The third-order valence-electron chi connectivity index (χ3n) is 5.06. The number of aryl methyl sites for hydroxylation is 4. The van der Waals surface area contributed by atoms with Crippen LogP contribution in [0.2, 0.25) is 5.15 Å². The molecule has 1 amide bonds. The van der Waals surface area contributed by atoms with E-state index in [1.807, 2.05) is 63.2 Å². The molecule has 1 heterocycles. The van der Waals surface area contributed by atoms with Gasteiger partial charge in [-0.2, -0.15) is 5.10 Å². The Balaban J connectivity index is 1.66. The highest BCUT2D eigenvalue weighted by atomic mass is 35.5. The lowest BCUT2D eigenvalue weighted by molar-refractivity contribution is -0.119. The zero-order valence-corrected chi connectivity index (χ0v) is 18.9. The number of carbonyl (C=O) groups is 2. The van der Waals surface area contributed by atoms with E-state index in [9.17, 15) is 9.59 Å². The average molecular weight is 440 g/mol. The highest BCUT2D eigenvalue weighted by Gasteiger charge is 2.23. The van der Waals surface area contributed by atoms with Crippen LogP contribution in [0.25, 0.3) is 0 Å². The summed E-state index contributed by atoms with van der Waals surface area (Å²) in [4.78, 5) is 25.0. The Labute approximate surface area is 187 Å². The fraction of sp³-hybridized carbons (Fsp3) is 0.292. The number of nitrogens with zero attached hydrogens (tertiary/aromatic N) is 2. The number of ether oxygens (including phenoxy) is 1. The number of esters is 1. The summed E-state index contributed by atoms with van der Waals surface area (Å²) in [5, 5.41) is 7.39. The van der Waals surface area contributed by atoms with Crippen LogP contribution in [0.3, 0.4) is 0 Å². The molecule has 6 nitrogen and oxygen atoms in total. The van der Waals surface area contributed by atoms with Crippen molar-refractivity contribution in [1.29, 1.82) is 0 Å². The monoisotopic (exact) mass is 439 g/mol. The van der Waals surface area contributed by atoms with Gasteiger partial charge in [0.15, 0.2) is 6.61 Å². The van der Waals surface area contributed by atoms with Crippen molar-refractivity contribution in [3.8, 4) is 0 Å². The highest BCUT2D eigenvalue weighted by Crippen LogP contribution is 2.23. The smallest absolute Gasteiger partial charge is 0.343 e. The number of hydrogen-bond acceptors (Lipinski definition) is 4. The molecule has 1 N–H and O–H groups in total. The van der Waals surface area contributed by atoms with Gasteiger partial charge in [0.2, 0.25) is 0 Å². The van der Waals surface area contributed by atoms with Gasteiger partial charge in [-0.05, 0) is 43.9 Å². The molecular formula is C24H26ClN3O3. The summed E-state index contributed by atoms with van der Waals surface area (Å²) in [5.41, 5.74) is 5.53. The van der Waals surface area contributed by atoms with Crippen molar-refractivity contribution in [3.05, 3.63) is 81.1 Å². The highest BCUT2D eigenvalue weighted by molar-refractivity contribution is 6.32. The van der Waals surface area contributed by atoms with Crippen LogP contribution >= 0.6 is 11.6 Å². The van der Waals surface area contributed by atoms with Crippen molar-refractivity contribution < 1.29 is 14.3 Å². The minimum atomic E-state index is -0.673. The average Bonchev–Trinajstić information content (AvgIpc) is 3.02. The molecule has 3 rings (SSSR count). The summed E-state index contributed by atoms with van der Waals surface area (Å²) >= 11 is 6.41. The fourth-order valence-electron chi connectivity index (χ4n) is 3.34. The summed E-state index contributed by atoms with van der Waals surface area (Å²) < 4.78 is 6.78. The predicted octanol–water partition coefficient (Wildman–Crippen LogP) is 4.87. The standard InChI is InChI=1S/C24H26ClN3O3/c1-5-19-8-6-7-16(3)22(19)26-20(29)14-31-24(30)21-17(4)27-28(23(21)25)13-18-11-9-15(2)10-12-18/h6-12H,5,13-14H2,1-4H3,(H,26,29). The van der Waals surface area contributed by atoms with Gasteiger partial charge in [0.1, 0.15) is 10.7 Å². The van der Waals surface area contributed by atoms with Crippen molar-refractivity contribution in [2.24, 2.45) is 0 Å². The number of halogens is 1. The van der Waals surface area contributed by atoms with Gasteiger partial charge in [0, 0.05) is 5.69 Å². The molecule has 0 unspecified atom stereocenters. The largest absolute Gasteiger partial charge is 0.452 e. The van der Waals surface area contributed by atoms with E-state index in [1.54, 1.807) is 11.6 Å². The van der Waals surface area contributed by atoms with Crippen LogP contribution in [0.4, 0.5) is 5.69 Å². The minimum absolute atomic E-state index is 0.173. The molecule has 0 aliphatic heterocycles. The summed E-state index contributed by atoms with van der Waals surface area (Å²) in [7, 11) is 0. The first-order valence-corrected chi connectivity index (χ1v) is 10.5. The van der Waals surface area contributed by atoms with Crippen LogP contribution in [0.15, 0.2) is 42.5 Å². The molecule has 0 aliphatic carbocycles. The van der Waals surface area contributed by atoms with Crippen molar-refractivity contribution in [2.75, 3.05) is 11.9 Å². The third kappa shape index (κ3) is 5.33. The van der Waals surface area contributed by atoms with Gasteiger partial charge in [-0.1, -0.05) is 66.6 Å². The molecule has 0 atom stereocenters. The topological polar surface area (TPSA) is 73.2 Å². The number of amides is 1. The van der Waals surface area contributed by atoms with Crippen LogP contribution in [-0.2, 0) is 22.5 Å². The molecule has 0 spiro atoms. The zero-order chi connectivity index (χ0) is 22.5. The first kappa shape index (κ1) is 22.6. The molecule has 0 saturated carbocycles. The molecule has 162 valence electrons. The second-order valence-electron chi connectivity index (χ2n) is 7.48. The SMILES string of the molecule is CCc1cccc(C)c1NC(=O)COC(=O)c1c(C)nn(Cc2ccc(C)cc2)c1Cl. The Morgan fingerprint density at radius 1 is 1.10 bits per heavy atom. The first-order chi connectivity index (χ1) is 14.8. The second kappa shape index (κ2) is 9.79.